The molecule has 0 bridgehead atoms. The first-order chi connectivity index (χ1) is 9.39. The number of rotatable bonds is 4. The van der Waals surface area contributed by atoms with Gasteiger partial charge in [-0.05, 0) is 59.9 Å². The molecule has 0 aromatic heterocycles. The summed E-state index contributed by atoms with van der Waals surface area (Å²) in [7, 11) is -3.43. The van der Waals surface area contributed by atoms with Gasteiger partial charge in [0.2, 0.25) is 10.0 Å². The van der Waals surface area contributed by atoms with Crippen molar-refractivity contribution in [1.29, 1.82) is 0 Å². The van der Waals surface area contributed by atoms with Gasteiger partial charge in [-0.3, -0.25) is 4.72 Å². The van der Waals surface area contributed by atoms with E-state index in [2.05, 4.69) is 26.0 Å². The molecule has 1 aromatic carbocycles. The second kappa shape index (κ2) is 6.83. The van der Waals surface area contributed by atoms with E-state index >= 15 is 0 Å². The van der Waals surface area contributed by atoms with Crippen LogP contribution in [0, 0.1) is 5.92 Å². The zero-order valence-electron chi connectivity index (χ0n) is 10.6. The Morgan fingerprint density at radius 3 is 2.75 bits per heavy atom. The lowest BCUT2D eigenvalue weighted by Gasteiger charge is -2.22. The van der Waals surface area contributed by atoms with E-state index in [0.717, 1.165) is 25.9 Å². The molecule has 1 aliphatic heterocycles. The second-order valence-electron chi connectivity index (χ2n) is 4.82. The van der Waals surface area contributed by atoms with Crippen LogP contribution in [0.25, 0.3) is 0 Å². The Balaban J connectivity index is 2.10. The number of sulfonamides is 1. The van der Waals surface area contributed by atoms with E-state index in [0.29, 0.717) is 15.2 Å². The highest BCUT2D eigenvalue weighted by molar-refractivity contribution is 9.10. The fourth-order valence-corrected chi connectivity index (χ4v) is 4.56. The van der Waals surface area contributed by atoms with Crippen LogP contribution >= 0.6 is 39.1 Å². The predicted octanol–water partition coefficient (Wildman–Crippen LogP) is 3.50. The summed E-state index contributed by atoms with van der Waals surface area (Å²) < 4.78 is 27.5. The molecule has 1 atom stereocenters. The van der Waals surface area contributed by atoms with E-state index < -0.39 is 10.0 Å². The third-order valence-corrected chi connectivity index (χ3v) is 6.37. The molecule has 20 heavy (non-hydrogen) atoms. The molecule has 0 spiro atoms. The molecule has 1 fully saturated rings. The summed E-state index contributed by atoms with van der Waals surface area (Å²) in [5, 5.41) is 3.70. The van der Waals surface area contributed by atoms with Crippen LogP contribution < -0.4 is 10.0 Å². The summed E-state index contributed by atoms with van der Waals surface area (Å²) in [5.74, 6) is 0.218. The van der Waals surface area contributed by atoms with E-state index in [9.17, 15) is 8.42 Å². The Bertz CT molecular complexity index is 589. The highest BCUT2D eigenvalue weighted by Crippen LogP contribution is 2.36. The number of hydrogen-bond donors (Lipinski definition) is 2. The van der Waals surface area contributed by atoms with Crippen LogP contribution in [0.2, 0.25) is 10.0 Å². The normalized spacial score (nSPS) is 19.9. The molecule has 2 rings (SSSR count). The van der Waals surface area contributed by atoms with Crippen molar-refractivity contribution in [3.8, 4) is 0 Å². The van der Waals surface area contributed by atoms with Crippen molar-refractivity contribution >= 4 is 54.8 Å². The van der Waals surface area contributed by atoms with Crippen LogP contribution in [0.4, 0.5) is 5.69 Å². The smallest absolute Gasteiger partial charge is 0.233 e. The van der Waals surface area contributed by atoms with E-state index in [1.165, 1.54) is 0 Å². The van der Waals surface area contributed by atoms with Crippen LogP contribution in [0.1, 0.15) is 12.8 Å². The molecule has 1 aromatic rings. The van der Waals surface area contributed by atoms with Crippen LogP contribution in [-0.4, -0.2) is 27.3 Å². The number of hydrogen-bond acceptors (Lipinski definition) is 3. The summed E-state index contributed by atoms with van der Waals surface area (Å²) >= 11 is 15.3. The number of halogens is 3. The number of nitrogens with one attached hydrogen (secondary N) is 2. The molecule has 0 saturated carbocycles. The topological polar surface area (TPSA) is 58.2 Å². The Morgan fingerprint density at radius 2 is 2.10 bits per heavy atom. The van der Waals surface area contributed by atoms with E-state index in [4.69, 9.17) is 23.2 Å². The Kier molecular flexibility index (Phi) is 5.59. The Morgan fingerprint density at radius 1 is 1.35 bits per heavy atom. The maximum atomic E-state index is 12.2. The standard InChI is InChI=1S/C12H15BrCl2N2O2S/c13-9-3-4-10(12(15)11(9)14)17-20(18,19)7-8-2-1-5-16-6-8/h3-4,8,16-17H,1-2,5-7H2. The van der Waals surface area contributed by atoms with Gasteiger partial charge < -0.3 is 5.32 Å². The minimum Gasteiger partial charge on any atom is -0.316 e. The molecule has 1 heterocycles. The summed E-state index contributed by atoms with van der Waals surface area (Å²) in [5.41, 5.74) is 0.309. The van der Waals surface area contributed by atoms with E-state index in [-0.39, 0.29) is 16.7 Å². The molecule has 1 saturated heterocycles. The van der Waals surface area contributed by atoms with Crippen molar-refractivity contribution in [3.63, 3.8) is 0 Å². The second-order valence-corrected chi connectivity index (χ2v) is 8.20. The summed E-state index contributed by atoms with van der Waals surface area (Å²) in [6, 6.07) is 3.25. The van der Waals surface area contributed by atoms with Crippen molar-refractivity contribution in [1.82, 2.24) is 5.32 Å². The van der Waals surface area contributed by atoms with Gasteiger partial charge in [0.1, 0.15) is 0 Å². The number of piperidine rings is 1. The van der Waals surface area contributed by atoms with Gasteiger partial charge in [0, 0.05) is 4.47 Å². The largest absolute Gasteiger partial charge is 0.316 e. The van der Waals surface area contributed by atoms with Gasteiger partial charge in [-0.25, -0.2) is 8.42 Å². The predicted molar refractivity (Wildman–Crippen MR) is 87.2 cm³/mol. The first kappa shape index (κ1) is 16.4. The van der Waals surface area contributed by atoms with Gasteiger partial charge in [0.05, 0.1) is 21.5 Å². The van der Waals surface area contributed by atoms with Crippen LogP contribution in [0.15, 0.2) is 16.6 Å². The van der Waals surface area contributed by atoms with E-state index in [1.807, 2.05) is 0 Å². The quantitative estimate of drug-likeness (QED) is 0.759. The molecule has 2 N–H and O–H groups in total. The molecule has 1 aliphatic rings. The first-order valence-electron chi connectivity index (χ1n) is 6.24. The summed E-state index contributed by atoms with van der Waals surface area (Å²) in [6.07, 6.45) is 1.92. The molecular weight excluding hydrogens is 387 g/mol. The molecule has 4 nitrogen and oxygen atoms in total. The van der Waals surface area contributed by atoms with Crippen molar-refractivity contribution in [2.24, 2.45) is 5.92 Å². The third-order valence-electron chi connectivity index (χ3n) is 3.15. The lowest BCUT2D eigenvalue weighted by Crippen LogP contribution is -2.35. The monoisotopic (exact) mass is 400 g/mol. The third kappa shape index (κ3) is 4.24. The van der Waals surface area contributed by atoms with Gasteiger partial charge in [0.25, 0.3) is 0 Å². The molecule has 112 valence electrons. The lowest BCUT2D eigenvalue weighted by atomic mass is 10.0. The Labute approximate surface area is 137 Å². The van der Waals surface area contributed by atoms with Gasteiger partial charge in [0.15, 0.2) is 0 Å². The van der Waals surface area contributed by atoms with E-state index in [1.54, 1.807) is 12.1 Å². The first-order valence-corrected chi connectivity index (χ1v) is 9.44. The van der Waals surface area contributed by atoms with Crippen molar-refractivity contribution in [2.75, 3.05) is 23.6 Å². The fraction of sp³-hybridized carbons (Fsp3) is 0.500. The molecule has 8 heteroatoms. The van der Waals surface area contributed by atoms with Crippen LogP contribution in [0.5, 0.6) is 0 Å². The van der Waals surface area contributed by atoms with Gasteiger partial charge >= 0.3 is 0 Å². The maximum absolute atomic E-state index is 12.2. The lowest BCUT2D eigenvalue weighted by molar-refractivity contribution is 0.404. The molecule has 0 aliphatic carbocycles. The number of anilines is 1. The Hall–Kier alpha value is -0.0100. The highest BCUT2D eigenvalue weighted by atomic mass is 79.9. The SMILES string of the molecule is O=S(=O)(CC1CCCNC1)Nc1ccc(Br)c(Cl)c1Cl. The van der Waals surface area contributed by atoms with Crippen molar-refractivity contribution in [3.05, 3.63) is 26.7 Å². The van der Waals surface area contributed by atoms with Gasteiger partial charge in [-0.1, -0.05) is 23.2 Å². The summed E-state index contributed by atoms with van der Waals surface area (Å²) in [4.78, 5) is 0. The molecule has 1 unspecified atom stereocenters. The van der Waals surface area contributed by atoms with Crippen molar-refractivity contribution < 1.29 is 8.42 Å². The number of benzene rings is 1. The zero-order chi connectivity index (χ0) is 14.8. The van der Waals surface area contributed by atoms with Crippen molar-refractivity contribution in [2.45, 2.75) is 12.8 Å². The average molecular weight is 402 g/mol. The fourth-order valence-electron chi connectivity index (χ4n) is 2.19. The maximum Gasteiger partial charge on any atom is 0.233 e. The molecule has 0 radical (unpaired) electrons. The van der Waals surface area contributed by atoms with Gasteiger partial charge in [-0.2, -0.15) is 0 Å². The summed E-state index contributed by atoms with van der Waals surface area (Å²) in [6.45, 7) is 1.69. The van der Waals surface area contributed by atoms with Gasteiger partial charge in [-0.15, -0.1) is 0 Å². The average Bonchev–Trinajstić information content (AvgIpc) is 2.40. The zero-order valence-corrected chi connectivity index (χ0v) is 14.5. The van der Waals surface area contributed by atoms with Crippen LogP contribution in [-0.2, 0) is 10.0 Å². The highest BCUT2D eigenvalue weighted by Gasteiger charge is 2.22. The molecular formula is C12H15BrCl2N2O2S. The minimum atomic E-state index is -3.43. The minimum absolute atomic E-state index is 0.0873. The molecule has 0 amide bonds. The van der Waals surface area contributed by atoms with Crippen LogP contribution in [0.3, 0.4) is 0 Å².